The molecule has 0 unspecified atom stereocenters. The van der Waals surface area contributed by atoms with Crippen molar-refractivity contribution in [2.24, 2.45) is 11.3 Å². The minimum atomic E-state index is -0.428. The van der Waals surface area contributed by atoms with Crippen LogP contribution >= 0.6 is 0 Å². The average Bonchev–Trinajstić information content (AvgIpc) is 2.59. The fraction of sp³-hybridized carbons (Fsp3) is 0.579. The van der Waals surface area contributed by atoms with Crippen LogP contribution in [-0.2, 0) is 4.79 Å². The zero-order valence-electron chi connectivity index (χ0n) is 15.2. The molecule has 1 aromatic rings. The van der Waals surface area contributed by atoms with E-state index in [0.29, 0.717) is 23.6 Å². The monoisotopic (exact) mass is 333 g/mol. The lowest BCUT2D eigenvalue weighted by atomic mass is 9.87. The highest BCUT2D eigenvalue weighted by molar-refractivity contribution is 6.01. The summed E-state index contributed by atoms with van der Waals surface area (Å²) in [4.78, 5) is 27.3. The van der Waals surface area contributed by atoms with Gasteiger partial charge >= 0.3 is 0 Å². The number of Topliss-reactive ketones (excluding diaryl/α,β-unsaturated/α-hetero) is 1. The van der Waals surface area contributed by atoms with Crippen LogP contribution in [0.15, 0.2) is 18.2 Å². The number of methoxy groups -OCH3 is 2. The Kier molecular flexibility index (Phi) is 5.52. The summed E-state index contributed by atoms with van der Waals surface area (Å²) in [6.45, 7) is 6.93. The first-order valence-corrected chi connectivity index (χ1v) is 8.33. The topological polar surface area (TPSA) is 55.8 Å². The van der Waals surface area contributed by atoms with E-state index in [9.17, 15) is 9.59 Å². The minimum Gasteiger partial charge on any atom is -0.497 e. The Labute approximate surface area is 143 Å². The molecule has 2 rings (SSSR count). The van der Waals surface area contributed by atoms with Crippen molar-refractivity contribution in [1.82, 2.24) is 4.90 Å². The van der Waals surface area contributed by atoms with Gasteiger partial charge in [-0.2, -0.15) is 0 Å². The van der Waals surface area contributed by atoms with Gasteiger partial charge in [-0.15, -0.1) is 0 Å². The Morgan fingerprint density at radius 3 is 2.46 bits per heavy atom. The third-order valence-electron chi connectivity index (χ3n) is 4.40. The predicted octanol–water partition coefficient (Wildman–Crippen LogP) is 3.17. The summed E-state index contributed by atoms with van der Waals surface area (Å²) in [6.07, 6.45) is 1.64. The molecule has 24 heavy (non-hydrogen) atoms. The second-order valence-corrected chi connectivity index (χ2v) is 7.27. The average molecular weight is 333 g/mol. The molecule has 0 bridgehead atoms. The molecule has 1 aliphatic heterocycles. The molecule has 1 saturated heterocycles. The molecule has 1 atom stereocenters. The lowest BCUT2D eigenvalue weighted by Crippen LogP contribution is -2.46. The second-order valence-electron chi connectivity index (χ2n) is 7.27. The Morgan fingerprint density at radius 1 is 1.17 bits per heavy atom. The zero-order valence-corrected chi connectivity index (χ0v) is 15.2. The molecule has 0 aromatic heterocycles. The van der Waals surface area contributed by atoms with Gasteiger partial charge in [-0.1, -0.05) is 20.8 Å². The van der Waals surface area contributed by atoms with Gasteiger partial charge in [0.15, 0.2) is 5.78 Å². The fourth-order valence-corrected chi connectivity index (χ4v) is 3.07. The van der Waals surface area contributed by atoms with E-state index in [1.807, 2.05) is 25.7 Å². The predicted molar refractivity (Wildman–Crippen MR) is 92.6 cm³/mol. The van der Waals surface area contributed by atoms with Crippen LogP contribution in [0.4, 0.5) is 0 Å². The Balaban J connectivity index is 2.19. The van der Waals surface area contributed by atoms with Gasteiger partial charge in [-0.05, 0) is 25.0 Å². The number of hydrogen-bond acceptors (Lipinski definition) is 4. The van der Waals surface area contributed by atoms with Crippen molar-refractivity contribution in [2.75, 3.05) is 27.3 Å². The molecule has 1 amide bonds. The number of carbonyl (C=O) groups is 2. The quantitative estimate of drug-likeness (QED) is 0.794. The molecular formula is C19H27NO4. The first-order valence-electron chi connectivity index (χ1n) is 8.33. The van der Waals surface area contributed by atoms with Crippen molar-refractivity contribution in [3.05, 3.63) is 23.8 Å². The molecular weight excluding hydrogens is 306 g/mol. The first-order chi connectivity index (χ1) is 11.3. The molecule has 1 aliphatic rings. The van der Waals surface area contributed by atoms with E-state index in [2.05, 4.69) is 0 Å². The lowest BCUT2D eigenvalue weighted by Gasteiger charge is -2.36. The molecule has 5 nitrogen and oxygen atoms in total. The number of carbonyl (C=O) groups excluding carboxylic acids is 2. The number of nitrogens with zero attached hydrogens (tertiary/aromatic N) is 1. The summed E-state index contributed by atoms with van der Waals surface area (Å²) in [5.41, 5.74) is 0.122. The van der Waals surface area contributed by atoms with Crippen LogP contribution in [0.3, 0.4) is 0 Å². The van der Waals surface area contributed by atoms with Crippen molar-refractivity contribution >= 4 is 11.7 Å². The largest absolute Gasteiger partial charge is 0.497 e. The summed E-state index contributed by atoms with van der Waals surface area (Å²) in [7, 11) is 3.12. The summed E-state index contributed by atoms with van der Waals surface area (Å²) in [5, 5.41) is 0. The Morgan fingerprint density at radius 2 is 1.88 bits per heavy atom. The third kappa shape index (κ3) is 3.89. The Hall–Kier alpha value is -2.04. The molecule has 0 spiro atoms. The number of benzene rings is 1. The van der Waals surface area contributed by atoms with Crippen LogP contribution in [0.25, 0.3) is 0 Å². The smallest absolute Gasteiger partial charge is 0.227 e. The lowest BCUT2D eigenvalue weighted by molar-refractivity contribution is -0.140. The molecule has 1 heterocycles. The maximum atomic E-state index is 12.9. The number of amides is 1. The summed E-state index contributed by atoms with van der Waals surface area (Å²) in [5.74, 6) is 1.10. The maximum Gasteiger partial charge on any atom is 0.227 e. The SMILES string of the molecule is COc1ccc(C(=O)[C@@H]2CCCN(C(=O)C(C)(C)C)C2)c(OC)c1. The first kappa shape index (κ1) is 18.3. The van der Waals surface area contributed by atoms with E-state index < -0.39 is 5.41 Å². The normalized spacial score (nSPS) is 18.2. The van der Waals surface area contributed by atoms with Crippen LogP contribution in [0, 0.1) is 11.3 Å². The van der Waals surface area contributed by atoms with E-state index in [1.165, 1.54) is 0 Å². The summed E-state index contributed by atoms with van der Waals surface area (Å²) in [6, 6.07) is 5.22. The van der Waals surface area contributed by atoms with Gasteiger partial charge in [0.1, 0.15) is 11.5 Å². The second kappa shape index (κ2) is 7.24. The summed E-state index contributed by atoms with van der Waals surface area (Å²) >= 11 is 0. The zero-order chi connectivity index (χ0) is 17.9. The van der Waals surface area contributed by atoms with Crippen LogP contribution in [0.1, 0.15) is 44.0 Å². The van der Waals surface area contributed by atoms with Crippen LogP contribution in [0.5, 0.6) is 11.5 Å². The van der Waals surface area contributed by atoms with Crippen molar-refractivity contribution < 1.29 is 19.1 Å². The maximum absolute atomic E-state index is 12.9. The number of rotatable bonds is 4. The van der Waals surface area contributed by atoms with E-state index in [4.69, 9.17) is 9.47 Å². The highest BCUT2D eigenvalue weighted by Gasteiger charge is 2.34. The van der Waals surface area contributed by atoms with E-state index in [0.717, 1.165) is 19.4 Å². The molecule has 0 radical (unpaired) electrons. The standard InChI is InChI=1S/C19H27NO4/c1-19(2,3)18(22)20-10-6-7-13(12-20)17(21)15-9-8-14(23-4)11-16(15)24-5/h8-9,11,13H,6-7,10,12H2,1-5H3/t13-/m1/s1. The fourth-order valence-electron chi connectivity index (χ4n) is 3.07. The number of likely N-dealkylation sites (tertiary alicyclic amines) is 1. The molecule has 1 aromatic carbocycles. The molecule has 132 valence electrons. The van der Waals surface area contributed by atoms with Gasteiger partial charge in [0, 0.05) is 30.5 Å². The van der Waals surface area contributed by atoms with Crippen molar-refractivity contribution in [1.29, 1.82) is 0 Å². The highest BCUT2D eigenvalue weighted by Crippen LogP contribution is 2.30. The van der Waals surface area contributed by atoms with Gasteiger partial charge in [0.05, 0.1) is 19.8 Å². The van der Waals surface area contributed by atoms with Gasteiger partial charge < -0.3 is 14.4 Å². The van der Waals surface area contributed by atoms with Crippen LogP contribution in [0.2, 0.25) is 0 Å². The van der Waals surface area contributed by atoms with E-state index in [-0.39, 0.29) is 17.6 Å². The Bertz CT molecular complexity index is 618. The van der Waals surface area contributed by atoms with Gasteiger partial charge in [0.2, 0.25) is 5.91 Å². The van der Waals surface area contributed by atoms with Crippen LogP contribution < -0.4 is 9.47 Å². The van der Waals surface area contributed by atoms with Gasteiger partial charge in [-0.25, -0.2) is 0 Å². The molecule has 0 N–H and O–H groups in total. The third-order valence-corrected chi connectivity index (χ3v) is 4.40. The number of ether oxygens (including phenoxy) is 2. The van der Waals surface area contributed by atoms with E-state index in [1.54, 1.807) is 32.4 Å². The molecule has 5 heteroatoms. The van der Waals surface area contributed by atoms with Gasteiger partial charge in [-0.3, -0.25) is 9.59 Å². The molecule has 0 aliphatic carbocycles. The van der Waals surface area contributed by atoms with Crippen LogP contribution in [-0.4, -0.2) is 43.9 Å². The van der Waals surface area contributed by atoms with Crippen molar-refractivity contribution in [3.63, 3.8) is 0 Å². The summed E-state index contributed by atoms with van der Waals surface area (Å²) < 4.78 is 10.5. The number of hydrogen-bond donors (Lipinski definition) is 0. The highest BCUT2D eigenvalue weighted by atomic mass is 16.5. The molecule has 1 fully saturated rings. The van der Waals surface area contributed by atoms with E-state index >= 15 is 0 Å². The minimum absolute atomic E-state index is 0.0286. The number of piperidine rings is 1. The molecule has 0 saturated carbocycles. The van der Waals surface area contributed by atoms with Crippen molar-refractivity contribution in [3.8, 4) is 11.5 Å². The van der Waals surface area contributed by atoms with Gasteiger partial charge in [0.25, 0.3) is 0 Å². The number of ketones is 1. The van der Waals surface area contributed by atoms with Crippen molar-refractivity contribution in [2.45, 2.75) is 33.6 Å².